The monoisotopic (exact) mass is 678 g/mol. The Balaban J connectivity index is 1.24. The Hall–Kier alpha value is -6.91. The van der Waals surface area contributed by atoms with E-state index in [0.29, 0.717) is 0 Å². The van der Waals surface area contributed by atoms with E-state index >= 15 is 0 Å². The van der Waals surface area contributed by atoms with Crippen molar-refractivity contribution in [1.29, 1.82) is 0 Å². The highest BCUT2D eigenvalue weighted by molar-refractivity contribution is 6.13. The number of aromatic nitrogens is 4. The third-order valence-corrected chi connectivity index (χ3v) is 11.3. The molecule has 7 aromatic carbocycles. The highest BCUT2D eigenvalue weighted by atomic mass is 15.0. The molecule has 0 saturated heterocycles. The molecular weight excluding hydrogens is 645 g/mol. The van der Waals surface area contributed by atoms with Crippen LogP contribution in [0.15, 0.2) is 170 Å². The van der Waals surface area contributed by atoms with Crippen molar-refractivity contribution in [2.75, 3.05) is 0 Å². The maximum atomic E-state index is 4.93. The Morgan fingerprint density at radius 3 is 1.21 bits per heavy atom. The van der Waals surface area contributed by atoms with Gasteiger partial charge in [-0.1, -0.05) is 97.1 Å². The summed E-state index contributed by atoms with van der Waals surface area (Å²) < 4.78 is 7.33. The molecule has 0 spiro atoms. The maximum absolute atomic E-state index is 4.93. The summed E-state index contributed by atoms with van der Waals surface area (Å²) in [6.07, 6.45) is 1.90. The minimum absolute atomic E-state index is 0.973. The van der Waals surface area contributed by atoms with Gasteiger partial charge in [0.2, 0.25) is 0 Å². The molecule has 0 fully saturated rings. The second kappa shape index (κ2) is 11.3. The minimum Gasteiger partial charge on any atom is -0.309 e. The molecule has 4 aromatic heterocycles. The van der Waals surface area contributed by atoms with E-state index in [4.69, 9.17) is 4.98 Å². The zero-order valence-electron chi connectivity index (χ0n) is 29.5. The van der Waals surface area contributed by atoms with Gasteiger partial charge in [0.25, 0.3) is 0 Å². The lowest BCUT2D eigenvalue weighted by Gasteiger charge is -2.22. The summed E-state index contributed by atoms with van der Waals surface area (Å²) in [6, 6.07) is 59.4. The first-order chi connectivity index (χ1) is 26.2. The first-order valence-corrected chi connectivity index (χ1v) is 18.2. The van der Waals surface area contributed by atoms with Gasteiger partial charge in [0.1, 0.15) is 0 Å². The number of benzene rings is 7. The third-order valence-electron chi connectivity index (χ3n) is 11.3. The van der Waals surface area contributed by atoms with E-state index in [1.54, 1.807) is 0 Å². The zero-order valence-corrected chi connectivity index (χ0v) is 29.5. The van der Waals surface area contributed by atoms with Gasteiger partial charge >= 0.3 is 0 Å². The number of hydrogen-bond donors (Lipinski definition) is 0. The molecule has 4 nitrogen and oxygen atoms in total. The number of pyridine rings is 1. The lowest BCUT2D eigenvalue weighted by Crippen LogP contribution is -2.06. The largest absolute Gasteiger partial charge is 0.309 e. The van der Waals surface area contributed by atoms with Crippen molar-refractivity contribution in [2.24, 2.45) is 0 Å². The van der Waals surface area contributed by atoms with Gasteiger partial charge < -0.3 is 13.7 Å². The SMILES string of the molecule is Cc1c(-n2c3ccccc3c3ccccc32)cc(-n2c3ccccc3c3cc(-n4c5ccccc5c5ccccc54)ccc32)c(C)c1-c1ccccn1. The van der Waals surface area contributed by atoms with Gasteiger partial charge in [-0.05, 0) is 91.7 Å². The number of para-hydroxylation sites is 5. The molecule has 0 atom stereocenters. The van der Waals surface area contributed by atoms with E-state index in [-0.39, 0.29) is 0 Å². The Morgan fingerprint density at radius 2 is 0.755 bits per heavy atom. The molecule has 0 radical (unpaired) electrons. The normalized spacial score (nSPS) is 12.0. The van der Waals surface area contributed by atoms with Crippen molar-refractivity contribution >= 4 is 65.4 Å². The van der Waals surface area contributed by atoms with Crippen LogP contribution in [0.4, 0.5) is 0 Å². The second-order valence-electron chi connectivity index (χ2n) is 14.0. The van der Waals surface area contributed by atoms with Crippen LogP contribution in [0.25, 0.3) is 93.7 Å². The van der Waals surface area contributed by atoms with Crippen LogP contribution in [0.3, 0.4) is 0 Å². The summed E-state index contributed by atoms with van der Waals surface area (Å²) in [7, 11) is 0. The summed E-state index contributed by atoms with van der Waals surface area (Å²) >= 11 is 0. The maximum Gasteiger partial charge on any atom is 0.0708 e. The molecule has 0 aliphatic rings. The second-order valence-corrected chi connectivity index (χ2v) is 14.0. The summed E-state index contributed by atoms with van der Waals surface area (Å²) in [5.74, 6) is 0. The van der Waals surface area contributed by atoms with Crippen LogP contribution in [0.5, 0.6) is 0 Å². The molecule has 0 aliphatic carbocycles. The number of hydrogen-bond acceptors (Lipinski definition) is 1. The van der Waals surface area contributed by atoms with Crippen molar-refractivity contribution in [1.82, 2.24) is 18.7 Å². The molecule has 0 aliphatic heterocycles. The summed E-state index contributed by atoms with van der Waals surface area (Å²) in [5.41, 5.74) is 15.1. The van der Waals surface area contributed by atoms with Crippen LogP contribution >= 0.6 is 0 Å². The van der Waals surface area contributed by atoms with E-state index in [1.165, 1.54) is 76.5 Å². The van der Waals surface area contributed by atoms with Crippen LogP contribution in [-0.4, -0.2) is 18.7 Å². The summed E-state index contributed by atoms with van der Waals surface area (Å²) in [4.78, 5) is 4.93. The molecular formula is C49H34N4. The van der Waals surface area contributed by atoms with E-state index in [9.17, 15) is 0 Å². The van der Waals surface area contributed by atoms with E-state index < -0.39 is 0 Å². The fourth-order valence-electron chi connectivity index (χ4n) is 8.99. The fraction of sp³-hybridized carbons (Fsp3) is 0.0408. The predicted molar refractivity (Wildman–Crippen MR) is 222 cm³/mol. The standard InChI is InChI=1S/C49H34N4/c1-31-47(52-43-23-10-5-17-36(43)37-18-6-11-24-44(37)52)30-48(32(2)49(31)40-20-13-14-28-50-40)53-45-25-12-7-19-38(45)39-29-33(26-27-46(39)53)51-41-21-8-3-15-34(41)35-16-4-9-22-42(35)51/h3-30H,1-2H3. The van der Waals surface area contributed by atoms with Gasteiger partial charge in [-0.25, -0.2) is 0 Å². The van der Waals surface area contributed by atoms with Gasteiger partial charge in [0, 0.05) is 49.8 Å². The minimum atomic E-state index is 0.973. The van der Waals surface area contributed by atoms with Gasteiger partial charge in [0.15, 0.2) is 0 Å². The Bertz CT molecular complexity index is 3140. The van der Waals surface area contributed by atoms with Crippen LogP contribution in [0.1, 0.15) is 11.1 Å². The van der Waals surface area contributed by atoms with Crippen molar-refractivity contribution < 1.29 is 0 Å². The number of fused-ring (bicyclic) bond motifs is 9. The van der Waals surface area contributed by atoms with E-state index in [1.807, 2.05) is 12.3 Å². The Labute approximate surface area is 306 Å². The van der Waals surface area contributed by atoms with Crippen molar-refractivity contribution in [2.45, 2.75) is 13.8 Å². The molecule has 11 aromatic rings. The summed E-state index contributed by atoms with van der Waals surface area (Å²) in [6.45, 7) is 4.51. The lowest BCUT2D eigenvalue weighted by molar-refractivity contribution is 1.09. The van der Waals surface area contributed by atoms with Gasteiger partial charge in [-0.2, -0.15) is 0 Å². The number of nitrogens with zero attached hydrogens (tertiary/aromatic N) is 4. The molecule has 0 saturated carbocycles. The smallest absolute Gasteiger partial charge is 0.0708 e. The quantitative estimate of drug-likeness (QED) is 0.182. The van der Waals surface area contributed by atoms with Gasteiger partial charge in [0.05, 0.1) is 50.2 Å². The topological polar surface area (TPSA) is 27.7 Å². The highest BCUT2D eigenvalue weighted by Crippen LogP contribution is 2.42. The summed E-state index contributed by atoms with van der Waals surface area (Å²) in [5, 5.41) is 7.47. The molecule has 0 unspecified atom stereocenters. The zero-order chi connectivity index (χ0) is 35.2. The Morgan fingerprint density at radius 1 is 0.358 bits per heavy atom. The van der Waals surface area contributed by atoms with Crippen molar-refractivity contribution in [3.05, 3.63) is 181 Å². The average Bonchev–Trinajstić information content (AvgIpc) is 3.84. The van der Waals surface area contributed by atoms with Gasteiger partial charge in [-0.15, -0.1) is 0 Å². The van der Waals surface area contributed by atoms with Crippen LogP contribution in [0.2, 0.25) is 0 Å². The van der Waals surface area contributed by atoms with E-state index in [2.05, 4.69) is 185 Å². The van der Waals surface area contributed by atoms with Crippen LogP contribution in [0, 0.1) is 13.8 Å². The molecule has 0 N–H and O–H groups in total. The van der Waals surface area contributed by atoms with Crippen LogP contribution < -0.4 is 0 Å². The molecule has 0 bridgehead atoms. The molecule has 53 heavy (non-hydrogen) atoms. The highest BCUT2D eigenvalue weighted by Gasteiger charge is 2.23. The molecule has 250 valence electrons. The van der Waals surface area contributed by atoms with Gasteiger partial charge in [-0.3, -0.25) is 4.98 Å². The fourth-order valence-corrected chi connectivity index (χ4v) is 8.99. The van der Waals surface area contributed by atoms with Crippen molar-refractivity contribution in [3.8, 4) is 28.3 Å². The average molecular weight is 679 g/mol. The Kier molecular flexibility index (Phi) is 6.35. The van der Waals surface area contributed by atoms with Crippen LogP contribution in [-0.2, 0) is 0 Å². The molecule has 4 heteroatoms. The van der Waals surface area contributed by atoms with Crippen molar-refractivity contribution in [3.63, 3.8) is 0 Å². The predicted octanol–water partition coefficient (Wildman–Crippen LogP) is 12.7. The van der Waals surface area contributed by atoms with E-state index in [0.717, 1.165) is 28.3 Å². The molecule has 11 rings (SSSR count). The molecule has 0 amide bonds. The lowest BCUT2D eigenvalue weighted by atomic mass is 9.95. The number of rotatable bonds is 4. The molecule has 4 heterocycles. The first kappa shape index (κ1) is 29.8. The third kappa shape index (κ3) is 4.21. The first-order valence-electron chi connectivity index (χ1n) is 18.2.